The van der Waals surface area contributed by atoms with Gasteiger partial charge in [-0.15, -0.1) is 0 Å². The number of aromatic nitrogens is 5. The molecule has 0 atom stereocenters. The molecule has 0 aliphatic carbocycles. The van der Waals surface area contributed by atoms with Crippen molar-refractivity contribution in [2.75, 3.05) is 13.1 Å². The van der Waals surface area contributed by atoms with E-state index in [1.54, 1.807) is 4.57 Å². The van der Waals surface area contributed by atoms with Crippen molar-refractivity contribution in [1.29, 1.82) is 0 Å². The van der Waals surface area contributed by atoms with Gasteiger partial charge in [0.05, 0.1) is 6.54 Å². The molecule has 23 heavy (non-hydrogen) atoms. The number of piperidine rings is 1. The molecule has 0 bridgehead atoms. The van der Waals surface area contributed by atoms with E-state index >= 15 is 0 Å². The number of nitrogens with zero attached hydrogens (tertiary/aromatic N) is 5. The van der Waals surface area contributed by atoms with Crippen LogP contribution in [0.3, 0.4) is 0 Å². The summed E-state index contributed by atoms with van der Waals surface area (Å²) in [5.74, 6) is 2.61. The summed E-state index contributed by atoms with van der Waals surface area (Å²) < 4.78 is 6.17. The molecule has 1 fully saturated rings. The number of rotatable bonds is 5. The molecule has 3 rings (SSSR count). The van der Waals surface area contributed by atoms with Crippen molar-refractivity contribution in [3.63, 3.8) is 0 Å². The van der Waals surface area contributed by atoms with Gasteiger partial charge in [0.25, 0.3) is 0 Å². The van der Waals surface area contributed by atoms with Crippen LogP contribution in [0.4, 0.5) is 0 Å². The highest BCUT2D eigenvalue weighted by molar-refractivity contribution is 7.05. The fourth-order valence-corrected chi connectivity index (χ4v) is 3.88. The minimum absolute atomic E-state index is 0.0972. The number of aromatic amines is 1. The first-order chi connectivity index (χ1) is 11.1. The molecular weight excluding hydrogens is 312 g/mol. The summed E-state index contributed by atoms with van der Waals surface area (Å²) in [5, 5.41) is 7.90. The summed E-state index contributed by atoms with van der Waals surface area (Å²) in [6, 6.07) is 0. The molecule has 0 saturated carbocycles. The Balaban J connectivity index is 1.58. The molecule has 7 nitrogen and oxygen atoms in total. The summed E-state index contributed by atoms with van der Waals surface area (Å²) >= 11 is 1.51. The minimum atomic E-state index is -0.0972. The third-order valence-electron chi connectivity index (χ3n) is 4.42. The second-order valence-corrected chi connectivity index (χ2v) is 7.22. The zero-order chi connectivity index (χ0) is 16.4. The number of nitrogens with one attached hydrogen (secondary N) is 1. The van der Waals surface area contributed by atoms with E-state index in [1.165, 1.54) is 11.5 Å². The van der Waals surface area contributed by atoms with E-state index in [4.69, 9.17) is 0 Å². The Morgan fingerprint density at radius 1 is 1.35 bits per heavy atom. The molecule has 1 aliphatic heterocycles. The molecule has 1 aliphatic rings. The maximum Gasteiger partial charge on any atom is 0.343 e. The third kappa shape index (κ3) is 3.53. The van der Waals surface area contributed by atoms with Crippen LogP contribution in [0.2, 0.25) is 0 Å². The van der Waals surface area contributed by atoms with Crippen LogP contribution in [0.25, 0.3) is 0 Å². The number of hydrogen-bond acceptors (Lipinski definition) is 6. The van der Waals surface area contributed by atoms with Gasteiger partial charge in [0.15, 0.2) is 0 Å². The Bertz CT molecular complexity index is 695. The average molecular weight is 336 g/mol. The average Bonchev–Trinajstić information content (AvgIpc) is 3.15. The lowest BCUT2D eigenvalue weighted by molar-refractivity contribution is 0.199. The maximum absolute atomic E-state index is 11.7. The molecule has 126 valence electrons. The van der Waals surface area contributed by atoms with Crippen LogP contribution in [0.5, 0.6) is 0 Å². The van der Waals surface area contributed by atoms with E-state index in [9.17, 15) is 4.79 Å². The van der Waals surface area contributed by atoms with Crippen molar-refractivity contribution in [2.24, 2.45) is 0 Å². The molecule has 0 spiro atoms. The van der Waals surface area contributed by atoms with Gasteiger partial charge in [-0.1, -0.05) is 13.8 Å². The predicted octanol–water partition coefficient (Wildman–Crippen LogP) is 1.95. The molecule has 2 aromatic heterocycles. The molecule has 8 heteroatoms. The van der Waals surface area contributed by atoms with E-state index in [0.29, 0.717) is 18.4 Å². The monoisotopic (exact) mass is 336 g/mol. The second kappa shape index (κ2) is 6.92. The molecule has 0 amide bonds. The van der Waals surface area contributed by atoms with Crippen molar-refractivity contribution >= 4 is 11.5 Å². The van der Waals surface area contributed by atoms with Crippen LogP contribution in [0, 0.1) is 0 Å². The summed E-state index contributed by atoms with van der Waals surface area (Å²) in [4.78, 5) is 18.7. The second-order valence-electron chi connectivity index (χ2n) is 6.38. The smallest absolute Gasteiger partial charge is 0.297 e. The summed E-state index contributed by atoms with van der Waals surface area (Å²) in [7, 11) is 0. The van der Waals surface area contributed by atoms with E-state index < -0.39 is 0 Å². The maximum atomic E-state index is 11.7. The highest BCUT2D eigenvalue weighted by atomic mass is 32.1. The van der Waals surface area contributed by atoms with E-state index in [-0.39, 0.29) is 5.69 Å². The minimum Gasteiger partial charge on any atom is -0.297 e. The first-order valence-electron chi connectivity index (χ1n) is 8.28. The van der Waals surface area contributed by atoms with Crippen LogP contribution >= 0.6 is 11.5 Å². The Morgan fingerprint density at radius 3 is 2.70 bits per heavy atom. The zero-order valence-electron chi connectivity index (χ0n) is 13.9. The Kier molecular flexibility index (Phi) is 4.91. The van der Waals surface area contributed by atoms with Crippen LogP contribution in [0.1, 0.15) is 62.1 Å². The van der Waals surface area contributed by atoms with Crippen LogP contribution < -0.4 is 5.69 Å². The fourth-order valence-electron chi connectivity index (χ4n) is 3.05. The summed E-state index contributed by atoms with van der Waals surface area (Å²) in [6.07, 6.45) is 2.06. The largest absolute Gasteiger partial charge is 0.343 e. The van der Waals surface area contributed by atoms with E-state index in [0.717, 1.165) is 49.1 Å². The first-order valence-corrected chi connectivity index (χ1v) is 9.05. The van der Waals surface area contributed by atoms with Crippen molar-refractivity contribution in [3.8, 4) is 0 Å². The highest BCUT2D eigenvalue weighted by Gasteiger charge is 2.25. The number of hydrogen-bond donors (Lipinski definition) is 1. The molecule has 3 heterocycles. The van der Waals surface area contributed by atoms with Crippen LogP contribution in [0.15, 0.2) is 4.79 Å². The predicted molar refractivity (Wildman–Crippen MR) is 89.8 cm³/mol. The topological polar surface area (TPSA) is 79.7 Å². The van der Waals surface area contributed by atoms with Crippen molar-refractivity contribution in [3.05, 3.63) is 27.1 Å². The van der Waals surface area contributed by atoms with Gasteiger partial charge in [0.2, 0.25) is 0 Å². The van der Waals surface area contributed by atoms with Gasteiger partial charge in [-0.3, -0.25) is 9.47 Å². The zero-order valence-corrected chi connectivity index (χ0v) is 14.8. The van der Waals surface area contributed by atoms with E-state index in [2.05, 4.69) is 38.3 Å². The third-order valence-corrected chi connectivity index (χ3v) is 5.13. The Hall–Kier alpha value is -1.54. The lowest BCUT2D eigenvalue weighted by atomic mass is 9.96. The SMILES string of the molecule is CCn1c(C2CCN(Cc3nc(C(C)C)ns3)CC2)n[nH]c1=O. The van der Waals surface area contributed by atoms with Crippen LogP contribution in [-0.4, -0.2) is 42.1 Å². The standard InChI is InChI=1S/C15H24N6OS/c1-4-21-14(17-18-15(21)22)11-5-7-20(8-6-11)9-12-16-13(10(2)3)19-23-12/h10-11H,4-9H2,1-3H3,(H,18,22). The van der Waals surface area contributed by atoms with Gasteiger partial charge in [0.1, 0.15) is 16.7 Å². The van der Waals surface area contributed by atoms with E-state index in [1.807, 2.05) is 6.92 Å². The van der Waals surface area contributed by atoms with Gasteiger partial charge < -0.3 is 0 Å². The fraction of sp³-hybridized carbons (Fsp3) is 0.733. The normalized spacial score (nSPS) is 17.2. The lowest BCUT2D eigenvalue weighted by Crippen LogP contribution is -2.33. The summed E-state index contributed by atoms with van der Waals surface area (Å²) in [5.41, 5.74) is -0.0972. The molecule has 1 saturated heterocycles. The molecule has 0 radical (unpaired) electrons. The van der Waals surface area contributed by atoms with Crippen molar-refractivity contribution in [2.45, 2.75) is 58.5 Å². The van der Waals surface area contributed by atoms with Gasteiger partial charge >= 0.3 is 5.69 Å². The highest BCUT2D eigenvalue weighted by Crippen LogP contribution is 2.27. The first kappa shape index (κ1) is 16.3. The van der Waals surface area contributed by atoms with Gasteiger partial charge in [0, 0.05) is 18.4 Å². The van der Waals surface area contributed by atoms with Gasteiger partial charge in [-0.2, -0.15) is 9.47 Å². The lowest BCUT2D eigenvalue weighted by Gasteiger charge is -2.30. The Labute approximate surface area is 139 Å². The number of likely N-dealkylation sites (tertiary alicyclic amines) is 1. The quantitative estimate of drug-likeness (QED) is 0.903. The number of H-pyrrole nitrogens is 1. The Morgan fingerprint density at radius 2 is 2.09 bits per heavy atom. The van der Waals surface area contributed by atoms with Crippen LogP contribution in [-0.2, 0) is 13.1 Å². The molecule has 0 unspecified atom stereocenters. The molecular formula is C15H24N6OS. The van der Waals surface area contributed by atoms with Crippen molar-refractivity contribution < 1.29 is 0 Å². The molecule has 2 aromatic rings. The molecule has 0 aromatic carbocycles. The van der Waals surface area contributed by atoms with Crippen molar-refractivity contribution in [1.82, 2.24) is 29.0 Å². The van der Waals surface area contributed by atoms with Gasteiger partial charge in [-0.25, -0.2) is 14.9 Å². The van der Waals surface area contributed by atoms with Gasteiger partial charge in [-0.05, 0) is 44.4 Å². The summed E-state index contributed by atoms with van der Waals surface area (Å²) in [6.45, 7) is 9.78. The molecule has 1 N–H and O–H groups in total.